The molecule has 1 amide bonds. The maximum Gasteiger partial charge on any atom is 0.255 e. The molecule has 0 fully saturated rings. The minimum absolute atomic E-state index is 0.208. The van der Waals surface area contributed by atoms with Gasteiger partial charge in [-0.25, -0.2) is 4.39 Å². The van der Waals surface area contributed by atoms with Crippen molar-refractivity contribution < 1.29 is 13.9 Å². The summed E-state index contributed by atoms with van der Waals surface area (Å²) in [5, 5.41) is 3.29. The van der Waals surface area contributed by atoms with Gasteiger partial charge >= 0.3 is 0 Å². The highest BCUT2D eigenvalue weighted by Gasteiger charge is 2.32. The number of hydrogen-bond donors (Lipinski definition) is 2. The normalized spacial score (nSPS) is 20.0. The summed E-state index contributed by atoms with van der Waals surface area (Å²) in [5.41, 5.74) is 6.00. The van der Waals surface area contributed by atoms with Crippen molar-refractivity contribution in [3.05, 3.63) is 64.4 Å². The third kappa shape index (κ3) is 3.81. The second-order valence-corrected chi connectivity index (χ2v) is 6.46. The molecule has 2 aromatic carbocycles. The van der Waals surface area contributed by atoms with Crippen LogP contribution >= 0.6 is 11.6 Å². The van der Waals surface area contributed by atoms with Gasteiger partial charge in [-0.05, 0) is 49.4 Å². The largest absolute Gasteiger partial charge is 0.386 e. The Morgan fingerprint density at radius 2 is 2.04 bits per heavy atom. The fourth-order valence-electron chi connectivity index (χ4n) is 2.69. The minimum atomic E-state index is -0.937. The summed E-state index contributed by atoms with van der Waals surface area (Å²) in [5.74, 6) is -0.444. The van der Waals surface area contributed by atoms with Gasteiger partial charge in [0.25, 0.3) is 5.91 Å². The van der Waals surface area contributed by atoms with Crippen molar-refractivity contribution in [1.29, 1.82) is 0 Å². The monoisotopic (exact) mass is 361 g/mol. The van der Waals surface area contributed by atoms with Gasteiger partial charge in [-0.2, -0.15) is 0 Å². The third-order valence-electron chi connectivity index (χ3n) is 3.93. The second kappa shape index (κ2) is 6.82. The Bertz CT molecular complexity index is 839. The van der Waals surface area contributed by atoms with Gasteiger partial charge < -0.3 is 15.8 Å². The molecule has 25 heavy (non-hydrogen) atoms. The molecule has 0 saturated heterocycles. The molecule has 2 aromatic rings. The maximum atomic E-state index is 14.3. The number of anilines is 1. The highest BCUT2D eigenvalue weighted by molar-refractivity contribution is 6.30. The van der Waals surface area contributed by atoms with Crippen LogP contribution in [0.4, 0.5) is 10.1 Å². The topological polar surface area (TPSA) is 76.7 Å². The van der Waals surface area contributed by atoms with E-state index in [0.29, 0.717) is 27.7 Å². The van der Waals surface area contributed by atoms with Crippen LogP contribution in [0.15, 0.2) is 47.5 Å². The zero-order valence-electron chi connectivity index (χ0n) is 13.6. The lowest BCUT2D eigenvalue weighted by atomic mass is 9.92. The lowest BCUT2D eigenvalue weighted by molar-refractivity contribution is 0.102. The molecular weight excluding hydrogens is 345 g/mol. The summed E-state index contributed by atoms with van der Waals surface area (Å²) in [7, 11) is 0. The summed E-state index contributed by atoms with van der Waals surface area (Å²) in [6, 6.07) is 10.8. The second-order valence-electron chi connectivity index (χ2n) is 6.03. The fourth-order valence-corrected chi connectivity index (χ4v) is 2.82. The van der Waals surface area contributed by atoms with Gasteiger partial charge in [-0.1, -0.05) is 11.6 Å². The molecule has 0 aliphatic carbocycles. The Kier molecular flexibility index (Phi) is 4.74. The van der Waals surface area contributed by atoms with Crippen LogP contribution in [0, 0.1) is 5.82 Å². The van der Waals surface area contributed by atoms with Crippen molar-refractivity contribution in [1.82, 2.24) is 0 Å². The van der Waals surface area contributed by atoms with E-state index >= 15 is 0 Å². The Morgan fingerprint density at radius 1 is 1.32 bits per heavy atom. The van der Waals surface area contributed by atoms with E-state index in [1.165, 1.54) is 12.1 Å². The third-order valence-corrected chi connectivity index (χ3v) is 4.19. The Balaban J connectivity index is 1.88. The molecule has 1 atom stereocenters. The molecule has 3 N–H and O–H groups in total. The zero-order chi connectivity index (χ0) is 18.0. The molecule has 3 rings (SSSR count). The van der Waals surface area contributed by atoms with Crippen LogP contribution in [-0.2, 0) is 10.3 Å². The number of amidine groups is 1. The number of nitrogens with one attached hydrogen (secondary N) is 1. The standard InChI is InChI=1S/C18H17ClFN3O2/c1-18(10-25-9-16(21)23-18)14-8-13(6-7-15(14)20)22-17(24)11-2-4-12(19)5-3-11/h2-8H,9-10H2,1H3,(H2,21,23)(H,22,24). The average Bonchev–Trinajstić information content (AvgIpc) is 2.57. The quantitative estimate of drug-likeness (QED) is 0.880. The van der Waals surface area contributed by atoms with Crippen molar-refractivity contribution in [3.63, 3.8) is 0 Å². The molecule has 0 radical (unpaired) electrons. The first-order chi connectivity index (χ1) is 11.9. The molecule has 0 aromatic heterocycles. The molecule has 130 valence electrons. The molecule has 0 spiro atoms. The number of carbonyl (C=O) groups is 1. The van der Waals surface area contributed by atoms with E-state index in [0.717, 1.165) is 0 Å². The van der Waals surface area contributed by atoms with Crippen molar-refractivity contribution >= 4 is 29.0 Å². The molecule has 1 aliphatic rings. The number of benzene rings is 2. The van der Waals surface area contributed by atoms with Crippen molar-refractivity contribution in [3.8, 4) is 0 Å². The SMILES string of the molecule is CC1(c2cc(NC(=O)c3ccc(Cl)cc3)ccc2F)COCC(N)=N1. The molecule has 1 heterocycles. The first kappa shape index (κ1) is 17.4. The van der Waals surface area contributed by atoms with Crippen molar-refractivity contribution in [2.45, 2.75) is 12.5 Å². The predicted molar refractivity (Wildman–Crippen MR) is 95.6 cm³/mol. The number of amides is 1. The van der Waals surface area contributed by atoms with Gasteiger partial charge in [-0.15, -0.1) is 0 Å². The first-order valence-electron chi connectivity index (χ1n) is 7.66. The Labute approximate surface area is 149 Å². The van der Waals surface area contributed by atoms with E-state index < -0.39 is 11.4 Å². The van der Waals surface area contributed by atoms with E-state index in [4.69, 9.17) is 22.1 Å². The number of hydrogen-bond acceptors (Lipinski definition) is 4. The predicted octanol–water partition coefficient (Wildman–Crippen LogP) is 3.33. The van der Waals surface area contributed by atoms with E-state index in [-0.39, 0.29) is 19.1 Å². The lowest BCUT2D eigenvalue weighted by Gasteiger charge is -2.30. The van der Waals surface area contributed by atoms with Crippen LogP contribution in [0.25, 0.3) is 0 Å². The van der Waals surface area contributed by atoms with Crippen molar-refractivity contribution in [2.75, 3.05) is 18.5 Å². The van der Waals surface area contributed by atoms with Gasteiger partial charge in [0, 0.05) is 21.8 Å². The maximum absolute atomic E-state index is 14.3. The zero-order valence-corrected chi connectivity index (χ0v) is 14.3. The van der Waals surface area contributed by atoms with Gasteiger partial charge in [0.1, 0.15) is 23.8 Å². The summed E-state index contributed by atoms with van der Waals surface area (Å²) in [6.07, 6.45) is 0. The first-order valence-corrected chi connectivity index (χ1v) is 8.04. The Morgan fingerprint density at radius 3 is 2.72 bits per heavy atom. The Hall–Kier alpha value is -2.44. The number of halogens is 2. The van der Waals surface area contributed by atoms with Gasteiger partial charge in [0.2, 0.25) is 0 Å². The molecule has 5 nitrogen and oxygen atoms in total. The van der Waals surface area contributed by atoms with Gasteiger partial charge in [-0.3, -0.25) is 9.79 Å². The highest BCUT2D eigenvalue weighted by Crippen LogP contribution is 2.32. The summed E-state index contributed by atoms with van der Waals surface area (Å²) < 4.78 is 19.7. The number of carbonyl (C=O) groups excluding carboxylic acids is 1. The van der Waals surface area contributed by atoms with Crippen LogP contribution in [0.5, 0.6) is 0 Å². The summed E-state index contributed by atoms with van der Waals surface area (Å²) in [6.45, 7) is 2.17. The van der Waals surface area contributed by atoms with Crippen molar-refractivity contribution in [2.24, 2.45) is 10.7 Å². The number of ether oxygens (including phenoxy) is 1. The average molecular weight is 362 g/mol. The number of aliphatic imine (C=N–C) groups is 1. The number of nitrogens with zero attached hydrogens (tertiary/aromatic N) is 1. The molecule has 0 bridgehead atoms. The molecule has 1 aliphatic heterocycles. The van der Waals surface area contributed by atoms with E-state index in [1.54, 1.807) is 37.3 Å². The summed E-state index contributed by atoms with van der Waals surface area (Å²) in [4.78, 5) is 16.6. The van der Waals surface area contributed by atoms with E-state index in [2.05, 4.69) is 10.3 Å². The van der Waals surface area contributed by atoms with Crippen LogP contribution in [0.2, 0.25) is 5.02 Å². The number of nitrogens with two attached hydrogens (primary N) is 1. The number of rotatable bonds is 3. The van der Waals surface area contributed by atoms with Crippen LogP contribution in [0.1, 0.15) is 22.8 Å². The molecule has 0 saturated carbocycles. The van der Waals surface area contributed by atoms with Crippen LogP contribution < -0.4 is 11.1 Å². The van der Waals surface area contributed by atoms with E-state index in [9.17, 15) is 9.18 Å². The minimum Gasteiger partial charge on any atom is -0.386 e. The lowest BCUT2D eigenvalue weighted by Crippen LogP contribution is -2.38. The van der Waals surface area contributed by atoms with Crippen LogP contribution in [-0.4, -0.2) is 25.0 Å². The molecule has 7 heteroatoms. The van der Waals surface area contributed by atoms with E-state index in [1.807, 2.05) is 0 Å². The highest BCUT2D eigenvalue weighted by atomic mass is 35.5. The van der Waals surface area contributed by atoms with Gasteiger partial charge in [0.15, 0.2) is 0 Å². The molecular formula is C18H17ClFN3O2. The smallest absolute Gasteiger partial charge is 0.255 e. The molecule has 1 unspecified atom stereocenters. The van der Waals surface area contributed by atoms with Gasteiger partial charge in [0.05, 0.1) is 6.61 Å². The van der Waals surface area contributed by atoms with Crippen LogP contribution in [0.3, 0.4) is 0 Å². The fraction of sp³-hybridized carbons (Fsp3) is 0.222. The summed E-state index contributed by atoms with van der Waals surface area (Å²) >= 11 is 5.82.